The Kier molecular flexibility index (Phi) is 2.63. The van der Waals surface area contributed by atoms with Gasteiger partial charge in [0.1, 0.15) is 23.5 Å². The lowest BCUT2D eigenvalue weighted by atomic mass is 10.3. The van der Waals surface area contributed by atoms with Crippen LogP contribution < -0.4 is 5.32 Å². The van der Waals surface area contributed by atoms with E-state index in [2.05, 4.69) is 20.5 Å². The van der Waals surface area contributed by atoms with E-state index in [1.165, 1.54) is 13.2 Å². The predicted octanol–water partition coefficient (Wildman–Crippen LogP) is 1.38. The maximum Gasteiger partial charge on any atom is 0.247 e. The summed E-state index contributed by atoms with van der Waals surface area (Å²) >= 11 is 0. The number of nitrogens with one attached hydrogen (secondary N) is 1. The molecule has 2 rings (SSSR count). The summed E-state index contributed by atoms with van der Waals surface area (Å²) in [5.74, 6) is 0.803. The highest BCUT2D eigenvalue weighted by Gasteiger charge is 2.11. The Balaban J connectivity index is 2.31. The highest BCUT2D eigenvalue weighted by atomic mass is 16.3. The van der Waals surface area contributed by atoms with Crippen molar-refractivity contribution in [3.63, 3.8) is 0 Å². The third kappa shape index (κ3) is 1.90. The number of nitrogens with zero attached hydrogens (tertiary/aromatic N) is 3. The molecule has 6 nitrogen and oxygen atoms in total. The van der Waals surface area contributed by atoms with Crippen LogP contribution in [0.2, 0.25) is 0 Å². The first-order valence-corrected chi connectivity index (χ1v) is 4.69. The summed E-state index contributed by atoms with van der Waals surface area (Å²) < 4.78 is 5.13. The average molecular weight is 218 g/mol. The lowest BCUT2D eigenvalue weighted by Gasteiger charge is -1.97. The fourth-order valence-corrected chi connectivity index (χ4v) is 1.13. The number of anilines is 1. The molecule has 0 aliphatic rings. The van der Waals surface area contributed by atoms with Gasteiger partial charge in [-0.1, -0.05) is 0 Å². The zero-order valence-electron chi connectivity index (χ0n) is 8.89. The molecule has 0 radical (unpaired) electrons. The molecular weight excluding hydrogens is 208 g/mol. The van der Waals surface area contributed by atoms with Crippen LogP contribution in [-0.2, 0) is 0 Å². The number of oxazole rings is 1. The van der Waals surface area contributed by atoms with Crippen molar-refractivity contribution in [3.05, 3.63) is 24.1 Å². The van der Waals surface area contributed by atoms with E-state index in [9.17, 15) is 4.79 Å². The Bertz CT molecular complexity index is 504. The fraction of sp³-hybridized carbons (Fsp3) is 0.200. The molecule has 82 valence electrons. The van der Waals surface area contributed by atoms with Crippen molar-refractivity contribution in [1.29, 1.82) is 0 Å². The summed E-state index contributed by atoms with van der Waals surface area (Å²) in [6.45, 7) is 1.43. The van der Waals surface area contributed by atoms with Gasteiger partial charge >= 0.3 is 0 Å². The molecule has 0 saturated heterocycles. The molecule has 16 heavy (non-hydrogen) atoms. The van der Waals surface area contributed by atoms with Crippen molar-refractivity contribution in [2.45, 2.75) is 6.92 Å². The fourth-order valence-electron chi connectivity index (χ4n) is 1.13. The summed E-state index contributed by atoms with van der Waals surface area (Å²) in [5, 5.41) is 10.6. The number of carbonyl (C=O) groups excluding carboxylic acids is 1. The SMILES string of the molecule is CNc1ccc(-c2nc(C(C)=O)co2)nn1. The molecule has 2 aromatic rings. The Hall–Kier alpha value is -2.24. The normalized spacial score (nSPS) is 10.1. The first-order valence-electron chi connectivity index (χ1n) is 4.69. The molecule has 2 heterocycles. The minimum Gasteiger partial charge on any atom is -0.442 e. The lowest BCUT2D eigenvalue weighted by molar-refractivity contribution is 0.101. The van der Waals surface area contributed by atoms with Crippen LogP contribution in [0.1, 0.15) is 17.4 Å². The minimum atomic E-state index is -0.144. The lowest BCUT2D eigenvalue weighted by Crippen LogP contribution is -1.96. The summed E-state index contributed by atoms with van der Waals surface area (Å²) in [6.07, 6.45) is 1.31. The van der Waals surface area contributed by atoms with Crippen LogP contribution in [0.25, 0.3) is 11.6 Å². The van der Waals surface area contributed by atoms with E-state index in [-0.39, 0.29) is 11.5 Å². The molecule has 0 spiro atoms. The molecule has 0 aliphatic carbocycles. The molecule has 0 unspecified atom stereocenters. The van der Waals surface area contributed by atoms with Gasteiger partial charge in [0.05, 0.1) is 0 Å². The summed E-state index contributed by atoms with van der Waals surface area (Å²) in [6, 6.07) is 3.47. The first-order chi connectivity index (χ1) is 7.70. The summed E-state index contributed by atoms with van der Waals surface area (Å²) in [5.41, 5.74) is 0.779. The van der Waals surface area contributed by atoms with Crippen LogP contribution in [-0.4, -0.2) is 28.0 Å². The highest BCUT2D eigenvalue weighted by Crippen LogP contribution is 2.16. The summed E-state index contributed by atoms with van der Waals surface area (Å²) in [7, 11) is 1.75. The second-order valence-electron chi connectivity index (χ2n) is 3.15. The highest BCUT2D eigenvalue weighted by molar-refractivity contribution is 5.92. The van der Waals surface area contributed by atoms with Crippen molar-refractivity contribution in [3.8, 4) is 11.6 Å². The third-order valence-corrected chi connectivity index (χ3v) is 2.00. The topological polar surface area (TPSA) is 80.9 Å². The smallest absolute Gasteiger partial charge is 0.247 e. The van der Waals surface area contributed by atoms with Crippen LogP contribution in [0, 0.1) is 0 Å². The molecule has 0 atom stereocenters. The third-order valence-electron chi connectivity index (χ3n) is 2.00. The molecule has 0 saturated carbocycles. The van der Waals surface area contributed by atoms with Crippen molar-refractivity contribution < 1.29 is 9.21 Å². The monoisotopic (exact) mass is 218 g/mol. The van der Waals surface area contributed by atoms with E-state index in [1.54, 1.807) is 19.2 Å². The minimum absolute atomic E-state index is 0.144. The van der Waals surface area contributed by atoms with Crippen molar-refractivity contribution in [2.75, 3.05) is 12.4 Å². The van der Waals surface area contributed by atoms with Crippen LogP contribution in [0.4, 0.5) is 5.82 Å². The Morgan fingerprint density at radius 2 is 2.19 bits per heavy atom. The van der Waals surface area contributed by atoms with E-state index in [0.29, 0.717) is 17.4 Å². The predicted molar refractivity (Wildman–Crippen MR) is 57.1 cm³/mol. The average Bonchev–Trinajstić information content (AvgIpc) is 2.78. The maximum atomic E-state index is 11.0. The van der Waals surface area contributed by atoms with Crippen LogP contribution in [0.3, 0.4) is 0 Å². The van der Waals surface area contributed by atoms with Gasteiger partial charge in [-0.3, -0.25) is 4.79 Å². The van der Waals surface area contributed by atoms with Gasteiger partial charge in [-0.2, -0.15) is 0 Å². The quantitative estimate of drug-likeness (QED) is 0.784. The number of aromatic nitrogens is 3. The van der Waals surface area contributed by atoms with E-state index in [1.807, 2.05) is 0 Å². The number of carbonyl (C=O) groups is 1. The number of ketones is 1. The van der Waals surface area contributed by atoms with E-state index in [4.69, 9.17) is 4.42 Å². The van der Waals surface area contributed by atoms with E-state index in [0.717, 1.165) is 0 Å². The number of Topliss-reactive ketones (excluding diaryl/α,β-unsaturated/α-hetero) is 1. The molecule has 0 bridgehead atoms. The van der Waals surface area contributed by atoms with Gasteiger partial charge in [0, 0.05) is 14.0 Å². The molecule has 6 heteroatoms. The largest absolute Gasteiger partial charge is 0.442 e. The van der Waals surface area contributed by atoms with E-state index < -0.39 is 0 Å². The van der Waals surface area contributed by atoms with Crippen LogP contribution in [0.15, 0.2) is 22.8 Å². The maximum absolute atomic E-state index is 11.0. The van der Waals surface area contributed by atoms with Crippen molar-refractivity contribution in [2.24, 2.45) is 0 Å². The van der Waals surface area contributed by atoms with Gasteiger partial charge in [-0.25, -0.2) is 4.98 Å². The second kappa shape index (κ2) is 4.09. The molecule has 0 aromatic carbocycles. The molecular formula is C10H10N4O2. The van der Waals surface area contributed by atoms with Crippen molar-refractivity contribution in [1.82, 2.24) is 15.2 Å². The number of hydrogen-bond acceptors (Lipinski definition) is 6. The molecule has 0 amide bonds. The van der Waals surface area contributed by atoms with Crippen LogP contribution >= 0.6 is 0 Å². The Labute approximate surface area is 91.7 Å². The Morgan fingerprint density at radius 1 is 1.38 bits per heavy atom. The standard InChI is InChI=1S/C10H10N4O2/c1-6(15)8-5-16-10(12-8)7-3-4-9(11-2)14-13-7/h3-5H,1-2H3,(H,11,14). The zero-order valence-corrected chi connectivity index (χ0v) is 8.89. The summed E-state index contributed by atoms with van der Waals surface area (Å²) in [4.78, 5) is 15.0. The Morgan fingerprint density at radius 3 is 2.69 bits per heavy atom. The van der Waals surface area contributed by atoms with Gasteiger partial charge in [-0.05, 0) is 12.1 Å². The van der Waals surface area contributed by atoms with Gasteiger partial charge in [0.25, 0.3) is 0 Å². The molecule has 1 N–H and O–H groups in total. The van der Waals surface area contributed by atoms with Gasteiger partial charge in [-0.15, -0.1) is 10.2 Å². The van der Waals surface area contributed by atoms with E-state index >= 15 is 0 Å². The number of hydrogen-bond donors (Lipinski definition) is 1. The second-order valence-corrected chi connectivity index (χ2v) is 3.15. The molecule has 0 aliphatic heterocycles. The van der Waals surface area contributed by atoms with Crippen molar-refractivity contribution >= 4 is 11.6 Å². The molecule has 0 fully saturated rings. The number of rotatable bonds is 3. The zero-order chi connectivity index (χ0) is 11.5. The first kappa shape index (κ1) is 10.3. The molecule has 2 aromatic heterocycles. The van der Waals surface area contributed by atoms with Gasteiger partial charge in [0.15, 0.2) is 5.78 Å². The van der Waals surface area contributed by atoms with Crippen LogP contribution in [0.5, 0.6) is 0 Å². The van der Waals surface area contributed by atoms with Gasteiger partial charge in [0.2, 0.25) is 5.89 Å². The van der Waals surface area contributed by atoms with Gasteiger partial charge < -0.3 is 9.73 Å².